The van der Waals surface area contributed by atoms with E-state index in [0.717, 1.165) is 11.3 Å². The van der Waals surface area contributed by atoms with Crippen LogP contribution in [-0.4, -0.2) is 10.9 Å². The van der Waals surface area contributed by atoms with Crippen molar-refractivity contribution in [1.82, 2.24) is 4.98 Å². The first kappa shape index (κ1) is 15.0. The maximum absolute atomic E-state index is 12.1. The fourth-order valence-electron chi connectivity index (χ4n) is 1.62. The fourth-order valence-corrected chi connectivity index (χ4v) is 2.76. The minimum Gasteiger partial charge on any atom is -0.300 e. The molecular weight excluding hydrogens is 292 g/mol. The number of amides is 1. The molecule has 1 amide bonds. The maximum Gasteiger partial charge on any atom is 0.248 e. The van der Waals surface area contributed by atoms with Crippen molar-refractivity contribution in [3.63, 3.8) is 0 Å². The molecule has 0 saturated carbocycles. The van der Waals surface area contributed by atoms with Crippen molar-refractivity contribution in [2.75, 3.05) is 5.32 Å². The second kappa shape index (κ2) is 5.94. The number of rotatable bonds is 3. The van der Waals surface area contributed by atoms with E-state index in [-0.39, 0.29) is 11.3 Å². The predicted octanol–water partition coefficient (Wildman–Crippen LogP) is 4.36. The molecule has 2 aromatic rings. The van der Waals surface area contributed by atoms with Crippen LogP contribution in [0.4, 0.5) is 5.13 Å². The number of halogens is 1. The van der Waals surface area contributed by atoms with Gasteiger partial charge >= 0.3 is 0 Å². The second-order valence-corrected chi connectivity index (χ2v) is 6.84. The Balaban J connectivity index is 2.07. The highest BCUT2D eigenvalue weighted by Gasteiger charge is 2.21. The normalized spacial score (nSPS) is 13.0. The summed E-state index contributed by atoms with van der Waals surface area (Å²) in [6.45, 7) is 6.26. The molecule has 0 fully saturated rings. The summed E-state index contributed by atoms with van der Waals surface area (Å²) in [5.41, 5.74) is 1.71. The Morgan fingerprint density at radius 1 is 1.30 bits per heavy atom. The lowest BCUT2D eigenvalue weighted by Gasteiger charge is -2.14. The molecule has 5 heteroatoms. The van der Waals surface area contributed by atoms with E-state index in [9.17, 15) is 4.79 Å². The standard InChI is InChI=1S/C15H17ClN2OS/c1-15(2,3)11-9-20-14(17-11)18-13(19)12(16)10-7-5-4-6-8-10/h4-9,12H,1-3H3,(H,17,18,19). The van der Waals surface area contributed by atoms with Crippen molar-refractivity contribution >= 4 is 34.0 Å². The van der Waals surface area contributed by atoms with Gasteiger partial charge in [-0.3, -0.25) is 4.79 Å². The molecule has 0 saturated heterocycles. The van der Waals surface area contributed by atoms with E-state index >= 15 is 0 Å². The van der Waals surface area contributed by atoms with Crippen LogP contribution in [0.15, 0.2) is 35.7 Å². The summed E-state index contributed by atoms with van der Waals surface area (Å²) in [6, 6.07) is 9.28. The molecule has 0 aliphatic rings. The molecule has 1 N–H and O–H groups in total. The lowest BCUT2D eigenvalue weighted by molar-refractivity contribution is -0.116. The largest absolute Gasteiger partial charge is 0.300 e. The van der Waals surface area contributed by atoms with Crippen LogP contribution in [0.3, 0.4) is 0 Å². The summed E-state index contributed by atoms with van der Waals surface area (Å²) < 4.78 is 0. The molecule has 1 unspecified atom stereocenters. The van der Waals surface area contributed by atoms with Gasteiger partial charge in [0.15, 0.2) is 5.13 Å². The number of carbonyl (C=O) groups is 1. The van der Waals surface area contributed by atoms with Gasteiger partial charge in [0, 0.05) is 10.8 Å². The Morgan fingerprint density at radius 2 is 1.95 bits per heavy atom. The van der Waals surface area contributed by atoms with Crippen molar-refractivity contribution in [3.8, 4) is 0 Å². The zero-order valence-corrected chi connectivity index (χ0v) is 13.3. The molecule has 2 rings (SSSR count). The highest BCUT2D eigenvalue weighted by molar-refractivity contribution is 7.14. The third kappa shape index (κ3) is 3.58. The van der Waals surface area contributed by atoms with Crippen LogP contribution in [0.2, 0.25) is 0 Å². The molecule has 106 valence electrons. The first-order valence-corrected chi connectivity index (χ1v) is 7.65. The predicted molar refractivity (Wildman–Crippen MR) is 84.5 cm³/mol. The maximum atomic E-state index is 12.1. The molecule has 0 spiro atoms. The minimum atomic E-state index is -0.710. The summed E-state index contributed by atoms with van der Waals surface area (Å²) in [4.78, 5) is 16.5. The van der Waals surface area contributed by atoms with E-state index in [1.165, 1.54) is 11.3 Å². The molecule has 0 bridgehead atoms. The van der Waals surface area contributed by atoms with Gasteiger partial charge in [-0.05, 0) is 5.56 Å². The first-order valence-electron chi connectivity index (χ1n) is 6.34. The van der Waals surface area contributed by atoms with Crippen molar-refractivity contribution in [2.45, 2.75) is 31.6 Å². The molecule has 1 aromatic carbocycles. The van der Waals surface area contributed by atoms with E-state index in [0.29, 0.717) is 5.13 Å². The van der Waals surface area contributed by atoms with Gasteiger partial charge in [0.1, 0.15) is 5.38 Å². The monoisotopic (exact) mass is 308 g/mol. The number of thiazole rings is 1. The smallest absolute Gasteiger partial charge is 0.248 e. The molecule has 1 heterocycles. The fraction of sp³-hybridized carbons (Fsp3) is 0.333. The topological polar surface area (TPSA) is 42.0 Å². The van der Waals surface area contributed by atoms with Crippen LogP contribution in [0.1, 0.15) is 37.4 Å². The number of carbonyl (C=O) groups excluding carboxylic acids is 1. The van der Waals surface area contributed by atoms with E-state index in [4.69, 9.17) is 11.6 Å². The number of aromatic nitrogens is 1. The summed E-state index contributed by atoms with van der Waals surface area (Å²) >= 11 is 7.58. The molecule has 1 aromatic heterocycles. The number of nitrogens with zero attached hydrogens (tertiary/aromatic N) is 1. The van der Waals surface area contributed by atoms with Gasteiger partial charge in [-0.2, -0.15) is 0 Å². The van der Waals surface area contributed by atoms with Gasteiger partial charge in [-0.25, -0.2) is 4.98 Å². The van der Waals surface area contributed by atoms with Crippen LogP contribution in [0.5, 0.6) is 0 Å². The Labute approximate surface area is 128 Å². The molecule has 0 aliphatic heterocycles. The Hall–Kier alpha value is -1.39. The second-order valence-electron chi connectivity index (χ2n) is 5.55. The van der Waals surface area contributed by atoms with Crippen molar-refractivity contribution in [2.24, 2.45) is 0 Å². The Morgan fingerprint density at radius 3 is 2.50 bits per heavy atom. The number of hydrogen-bond donors (Lipinski definition) is 1. The lowest BCUT2D eigenvalue weighted by atomic mass is 9.93. The average molecular weight is 309 g/mol. The van der Waals surface area contributed by atoms with Crippen LogP contribution in [0, 0.1) is 0 Å². The van der Waals surface area contributed by atoms with Crippen molar-refractivity contribution in [1.29, 1.82) is 0 Å². The summed E-state index contributed by atoms with van der Waals surface area (Å²) in [5.74, 6) is -0.257. The Kier molecular flexibility index (Phi) is 4.45. The number of benzene rings is 1. The van der Waals surface area contributed by atoms with Crippen LogP contribution in [0.25, 0.3) is 0 Å². The molecule has 0 aliphatic carbocycles. The third-order valence-electron chi connectivity index (χ3n) is 2.83. The van der Waals surface area contributed by atoms with Gasteiger partial charge in [-0.15, -0.1) is 22.9 Å². The van der Waals surface area contributed by atoms with Crippen LogP contribution < -0.4 is 5.32 Å². The quantitative estimate of drug-likeness (QED) is 0.856. The lowest BCUT2D eigenvalue weighted by Crippen LogP contribution is -2.18. The van der Waals surface area contributed by atoms with E-state index < -0.39 is 5.38 Å². The van der Waals surface area contributed by atoms with Gasteiger partial charge in [0.25, 0.3) is 0 Å². The number of anilines is 1. The molecule has 3 nitrogen and oxygen atoms in total. The van der Waals surface area contributed by atoms with E-state index in [1.807, 2.05) is 35.7 Å². The van der Waals surface area contributed by atoms with E-state index in [2.05, 4.69) is 31.1 Å². The summed E-state index contributed by atoms with van der Waals surface area (Å²) in [5, 5.41) is 4.60. The molecular formula is C15H17ClN2OS. The highest BCUT2D eigenvalue weighted by Crippen LogP contribution is 2.28. The van der Waals surface area contributed by atoms with Gasteiger partial charge < -0.3 is 5.32 Å². The first-order chi connectivity index (χ1) is 9.38. The van der Waals surface area contributed by atoms with Crippen LogP contribution in [-0.2, 0) is 10.2 Å². The van der Waals surface area contributed by atoms with Gasteiger partial charge in [-0.1, -0.05) is 51.1 Å². The number of alkyl halides is 1. The average Bonchev–Trinajstić information content (AvgIpc) is 2.87. The highest BCUT2D eigenvalue weighted by atomic mass is 35.5. The Bertz CT molecular complexity index is 589. The van der Waals surface area contributed by atoms with Crippen LogP contribution >= 0.6 is 22.9 Å². The minimum absolute atomic E-state index is 0.0285. The SMILES string of the molecule is CC(C)(C)c1csc(NC(=O)C(Cl)c2ccccc2)n1. The number of hydrogen-bond acceptors (Lipinski definition) is 3. The zero-order valence-electron chi connectivity index (χ0n) is 11.7. The third-order valence-corrected chi connectivity index (χ3v) is 4.03. The molecule has 1 atom stereocenters. The van der Waals surface area contributed by atoms with Gasteiger partial charge in [0.05, 0.1) is 5.69 Å². The van der Waals surface area contributed by atoms with Crippen molar-refractivity contribution in [3.05, 3.63) is 47.0 Å². The molecule has 20 heavy (non-hydrogen) atoms. The number of nitrogens with one attached hydrogen (secondary N) is 1. The van der Waals surface area contributed by atoms with Crippen molar-refractivity contribution < 1.29 is 4.79 Å². The summed E-state index contributed by atoms with van der Waals surface area (Å²) in [7, 11) is 0. The van der Waals surface area contributed by atoms with E-state index in [1.54, 1.807) is 0 Å². The molecule has 0 radical (unpaired) electrons. The summed E-state index contributed by atoms with van der Waals surface area (Å²) in [6.07, 6.45) is 0. The van der Waals surface area contributed by atoms with Gasteiger partial charge in [0.2, 0.25) is 5.91 Å². The zero-order chi connectivity index (χ0) is 14.8.